The highest BCUT2D eigenvalue weighted by Crippen LogP contribution is 2.27. The van der Waals surface area contributed by atoms with Crippen LogP contribution in [0.2, 0.25) is 0 Å². The number of aryl methyl sites for hydroxylation is 1. The lowest BCUT2D eigenvalue weighted by atomic mass is 9.95. The fraction of sp³-hybridized carbons (Fsp3) is 0.412. The molecule has 108 valence electrons. The molecule has 0 aliphatic carbocycles. The van der Waals surface area contributed by atoms with E-state index in [2.05, 4.69) is 71.5 Å². The Bertz CT molecular complexity index is 535. The topological polar surface area (TPSA) is 12.0 Å². The third-order valence-electron chi connectivity index (χ3n) is 3.47. The minimum Gasteiger partial charge on any atom is -0.316 e. The number of hydrogen-bond donors (Lipinski definition) is 1. The molecule has 1 N–H and O–H groups in total. The zero-order valence-corrected chi connectivity index (χ0v) is 14.6. The van der Waals surface area contributed by atoms with Crippen molar-refractivity contribution in [3.05, 3.63) is 56.2 Å². The Kier molecular flexibility index (Phi) is 6.27. The molecule has 1 nitrogen and oxygen atoms in total. The van der Waals surface area contributed by atoms with Gasteiger partial charge in [0.15, 0.2) is 0 Å². The lowest BCUT2D eigenvalue weighted by Crippen LogP contribution is -2.22. The third kappa shape index (κ3) is 4.44. The first-order chi connectivity index (χ1) is 9.72. The summed E-state index contributed by atoms with van der Waals surface area (Å²) in [6.45, 7) is 6.44. The second kappa shape index (κ2) is 7.96. The monoisotopic (exact) mass is 351 g/mol. The van der Waals surface area contributed by atoms with Crippen LogP contribution in [0, 0.1) is 0 Å². The molecule has 2 aromatic rings. The molecule has 20 heavy (non-hydrogen) atoms. The number of hydrogen-bond acceptors (Lipinski definition) is 2. The highest BCUT2D eigenvalue weighted by Gasteiger charge is 2.13. The molecule has 3 heteroatoms. The summed E-state index contributed by atoms with van der Waals surface area (Å²) in [4.78, 5) is 2.97. The Hall–Kier alpha value is -0.640. The number of likely N-dealkylation sites (N-methyl/N-ethyl adjacent to an activating group) is 1. The van der Waals surface area contributed by atoms with Crippen molar-refractivity contribution in [2.45, 2.75) is 32.6 Å². The van der Waals surface area contributed by atoms with Crippen molar-refractivity contribution in [3.8, 4) is 0 Å². The molecule has 1 unspecified atom stereocenters. The van der Waals surface area contributed by atoms with Gasteiger partial charge in [0, 0.05) is 26.7 Å². The predicted octanol–water partition coefficient (Wildman–Crippen LogP) is 5.01. The quantitative estimate of drug-likeness (QED) is 0.739. The molecule has 0 aliphatic heterocycles. The van der Waals surface area contributed by atoms with Gasteiger partial charge in [-0.05, 0) is 49.2 Å². The van der Waals surface area contributed by atoms with E-state index in [1.807, 2.05) is 11.3 Å². The average molecular weight is 352 g/mol. The van der Waals surface area contributed by atoms with Crippen LogP contribution in [0.25, 0.3) is 0 Å². The van der Waals surface area contributed by atoms with E-state index >= 15 is 0 Å². The van der Waals surface area contributed by atoms with Gasteiger partial charge in [0.25, 0.3) is 0 Å². The summed E-state index contributed by atoms with van der Waals surface area (Å²) < 4.78 is 1.16. The van der Waals surface area contributed by atoms with Crippen LogP contribution >= 0.6 is 27.3 Å². The average Bonchev–Trinajstić information content (AvgIpc) is 2.91. The van der Waals surface area contributed by atoms with Gasteiger partial charge in [0.2, 0.25) is 0 Å². The maximum Gasteiger partial charge on any atom is 0.0178 e. The first-order valence-corrected chi connectivity index (χ1v) is 8.87. The number of rotatable bonds is 7. The van der Waals surface area contributed by atoms with E-state index in [0.29, 0.717) is 5.92 Å². The standard InChI is InChI=1S/C17H22BrNS/c1-3-16-8-9-17(20-16)11-14(12-19-4-2)13-6-5-7-15(18)10-13/h5-10,14,19H,3-4,11-12H2,1-2H3. The van der Waals surface area contributed by atoms with E-state index in [-0.39, 0.29) is 0 Å². The Labute approximate surface area is 134 Å². The Balaban J connectivity index is 2.14. The zero-order valence-electron chi connectivity index (χ0n) is 12.2. The van der Waals surface area contributed by atoms with Gasteiger partial charge in [-0.2, -0.15) is 0 Å². The molecule has 1 aromatic carbocycles. The van der Waals surface area contributed by atoms with E-state index in [1.165, 1.54) is 15.3 Å². The van der Waals surface area contributed by atoms with Crippen molar-refractivity contribution in [3.63, 3.8) is 0 Å². The van der Waals surface area contributed by atoms with Crippen LogP contribution < -0.4 is 5.32 Å². The van der Waals surface area contributed by atoms with E-state index in [1.54, 1.807) is 0 Å². The summed E-state index contributed by atoms with van der Waals surface area (Å²) in [6.07, 6.45) is 2.26. The van der Waals surface area contributed by atoms with Gasteiger partial charge in [-0.3, -0.25) is 0 Å². The van der Waals surface area contributed by atoms with Crippen molar-refractivity contribution in [1.29, 1.82) is 0 Å². The molecule has 0 spiro atoms. The van der Waals surface area contributed by atoms with Crippen molar-refractivity contribution < 1.29 is 0 Å². The van der Waals surface area contributed by atoms with Crippen molar-refractivity contribution in [2.75, 3.05) is 13.1 Å². The highest BCUT2D eigenvalue weighted by molar-refractivity contribution is 9.10. The molecular weight excluding hydrogens is 330 g/mol. The van der Waals surface area contributed by atoms with Gasteiger partial charge >= 0.3 is 0 Å². The number of nitrogens with one attached hydrogen (secondary N) is 1. The van der Waals surface area contributed by atoms with Gasteiger partial charge in [-0.1, -0.05) is 41.9 Å². The van der Waals surface area contributed by atoms with Gasteiger partial charge in [0.05, 0.1) is 0 Å². The van der Waals surface area contributed by atoms with Crippen LogP contribution in [0.3, 0.4) is 0 Å². The van der Waals surface area contributed by atoms with Crippen LogP contribution in [-0.4, -0.2) is 13.1 Å². The van der Waals surface area contributed by atoms with E-state index in [4.69, 9.17) is 0 Å². The predicted molar refractivity (Wildman–Crippen MR) is 92.8 cm³/mol. The summed E-state index contributed by atoms with van der Waals surface area (Å²) in [7, 11) is 0. The summed E-state index contributed by atoms with van der Waals surface area (Å²) in [5, 5.41) is 3.50. The molecule has 0 radical (unpaired) electrons. The van der Waals surface area contributed by atoms with E-state index in [9.17, 15) is 0 Å². The molecule has 2 rings (SSSR count). The molecule has 0 fully saturated rings. The minimum atomic E-state index is 0.538. The van der Waals surface area contributed by atoms with Gasteiger partial charge in [-0.25, -0.2) is 0 Å². The maximum atomic E-state index is 3.58. The molecule has 0 saturated heterocycles. The van der Waals surface area contributed by atoms with Gasteiger partial charge in [0.1, 0.15) is 0 Å². The molecule has 1 heterocycles. The molecule has 0 aliphatic rings. The van der Waals surface area contributed by atoms with Gasteiger partial charge < -0.3 is 5.32 Å². The first-order valence-electron chi connectivity index (χ1n) is 7.26. The largest absolute Gasteiger partial charge is 0.316 e. The summed E-state index contributed by atoms with van der Waals surface area (Å²) >= 11 is 5.54. The molecule has 1 atom stereocenters. The molecule has 0 amide bonds. The second-order valence-corrected chi connectivity index (χ2v) is 7.15. The first kappa shape index (κ1) is 15.7. The van der Waals surface area contributed by atoms with Crippen molar-refractivity contribution in [1.82, 2.24) is 5.32 Å². The van der Waals surface area contributed by atoms with Crippen LogP contribution in [0.15, 0.2) is 40.9 Å². The Morgan fingerprint density at radius 1 is 1.15 bits per heavy atom. The Morgan fingerprint density at radius 3 is 2.60 bits per heavy atom. The number of thiophene rings is 1. The lowest BCUT2D eigenvalue weighted by Gasteiger charge is -2.17. The smallest absolute Gasteiger partial charge is 0.0178 e. The SMILES string of the molecule is CCNCC(Cc1ccc(CC)s1)c1cccc(Br)c1. The van der Waals surface area contributed by atoms with Crippen LogP contribution in [0.4, 0.5) is 0 Å². The lowest BCUT2D eigenvalue weighted by molar-refractivity contribution is 0.598. The Morgan fingerprint density at radius 2 is 1.95 bits per heavy atom. The van der Waals surface area contributed by atoms with Crippen LogP contribution in [-0.2, 0) is 12.8 Å². The maximum absolute atomic E-state index is 3.58. The molecule has 1 aromatic heterocycles. The highest BCUT2D eigenvalue weighted by atomic mass is 79.9. The van der Waals surface area contributed by atoms with Crippen LogP contribution in [0.1, 0.15) is 35.1 Å². The van der Waals surface area contributed by atoms with E-state index in [0.717, 1.165) is 30.4 Å². The van der Waals surface area contributed by atoms with Crippen LogP contribution in [0.5, 0.6) is 0 Å². The molecule has 0 saturated carbocycles. The zero-order chi connectivity index (χ0) is 14.4. The second-order valence-electron chi connectivity index (χ2n) is 4.99. The summed E-state index contributed by atoms with van der Waals surface area (Å²) in [5.74, 6) is 0.538. The molecular formula is C17H22BrNS. The molecule has 0 bridgehead atoms. The summed E-state index contributed by atoms with van der Waals surface area (Å²) in [5.41, 5.74) is 1.41. The third-order valence-corrected chi connectivity index (χ3v) is 5.22. The number of halogens is 1. The summed E-state index contributed by atoms with van der Waals surface area (Å²) in [6, 6.07) is 13.3. The van der Waals surface area contributed by atoms with E-state index < -0.39 is 0 Å². The fourth-order valence-electron chi connectivity index (χ4n) is 2.35. The van der Waals surface area contributed by atoms with Crippen molar-refractivity contribution >= 4 is 27.3 Å². The van der Waals surface area contributed by atoms with Crippen molar-refractivity contribution in [2.24, 2.45) is 0 Å². The normalized spacial score (nSPS) is 12.6. The number of benzene rings is 1. The van der Waals surface area contributed by atoms with Gasteiger partial charge in [-0.15, -0.1) is 11.3 Å². The minimum absolute atomic E-state index is 0.538. The fourth-order valence-corrected chi connectivity index (χ4v) is 3.81.